The third kappa shape index (κ3) is 1.60. The van der Waals surface area contributed by atoms with Crippen molar-refractivity contribution in [3.8, 4) is 11.3 Å². The molecule has 0 saturated heterocycles. The number of halogens is 1. The molecule has 0 unspecified atom stereocenters. The predicted octanol–water partition coefficient (Wildman–Crippen LogP) is 3.40. The highest BCUT2D eigenvalue weighted by Crippen LogP contribution is 2.28. The van der Waals surface area contributed by atoms with Crippen LogP contribution in [0.4, 0.5) is 0 Å². The highest BCUT2D eigenvalue weighted by atomic mass is 79.9. The summed E-state index contributed by atoms with van der Waals surface area (Å²) >= 11 is 3.53. The van der Waals surface area contributed by atoms with Crippen LogP contribution in [0.15, 0.2) is 35.1 Å². The first-order valence-corrected chi connectivity index (χ1v) is 5.39. The number of aromatic nitrogens is 2. The number of imidazole rings is 1. The molecule has 0 aliphatic carbocycles. The first-order valence-electron chi connectivity index (χ1n) is 4.60. The number of nitrogens with one attached hydrogen (secondary N) is 1. The van der Waals surface area contributed by atoms with E-state index in [-0.39, 0.29) is 0 Å². The molecule has 2 aromatic rings. The molecule has 0 spiro atoms. The van der Waals surface area contributed by atoms with E-state index in [9.17, 15) is 0 Å². The van der Waals surface area contributed by atoms with Gasteiger partial charge in [-0.25, -0.2) is 4.98 Å². The Bertz CT molecular complexity index is 434. The zero-order chi connectivity index (χ0) is 9.97. The smallest absolute Gasteiger partial charge is 0.0929 e. The summed E-state index contributed by atoms with van der Waals surface area (Å²) in [4.78, 5) is 7.48. The Kier molecular flexibility index (Phi) is 2.68. The first-order chi connectivity index (χ1) is 6.83. The molecular weight excluding hydrogens is 240 g/mol. The van der Waals surface area contributed by atoms with Gasteiger partial charge in [0.25, 0.3) is 0 Å². The summed E-state index contributed by atoms with van der Waals surface area (Å²) < 4.78 is 1.09. The van der Waals surface area contributed by atoms with E-state index in [1.54, 1.807) is 6.33 Å². The van der Waals surface area contributed by atoms with Crippen molar-refractivity contribution < 1.29 is 0 Å². The Hall–Kier alpha value is -1.09. The molecule has 3 heteroatoms. The van der Waals surface area contributed by atoms with E-state index in [0.29, 0.717) is 0 Å². The van der Waals surface area contributed by atoms with Crippen molar-refractivity contribution >= 4 is 15.9 Å². The lowest BCUT2D eigenvalue weighted by Crippen LogP contribution is -1.86. The lowest BCUT2D eigenvalue weighted by molar-refractivity contribution is 1.07. The molecule has 2 rings (SSSR count). The summed E-state index contributed by atoms with van der Waals surface area (Å²) in [6.07, 6.45) is 2.71. The maximum absolute atomic E-state index is 4.33. The fourth-order valence-electron chi connectivity index (χ4n) is 1.48. The van der Waals surface area contributed by atoms with Gasteiger partial charge in [-0.05, 0) is 12.5 Å². The van der Waals surface area contributed by atoms with Crippen LogP contribution >= 0.6 is 15.9 Å². The summed E-state index contributed by atoms with van der Waals surface area (Å²) in [6, 6.07) is 8.13. The zero-order valence-electron chi connectivity index (χ0n) is 7.92. The lowest BCUT2D eigenvalue weighted by atomic mass is 10.1. The van der Waals surface area contributed by atoms with Gasteiger partial charge in [0.2, 0.25) is 0 Å². The third-order valence-corrected chi connectivity index (χ3v) is 2.89. The molecule has 0 saturated carbocycles. The molecule has 0 aliphatic rings. The Labute approximate surface area is 91.5 Å². The van der Waals surface area contributed by atoms with Crippen LogP contribution in [0.3, 0.4) is 0 Å². The molecule has 1 aromatic heterocycles. The highest BCUT2D eigenvalue weighted by Gasteiger charge is 2.08. The Morgan fingerprint density at radius 1 is 1.36 bits per heavy atom. The number of aryl methyl sites for hydroxylation is 1. The molecule has 0 aliphatic heterocycles. The number of aromatic amines is 1. The number of hydrogen-bond donors (Lipinski definition) is 1. The van der Waals surface area contributed by atoms with Gasteiger partial charge in [0.15, 0.2) is 0 Å². The second-order valence-electron chi connectivity index (χ2n) is 3.06. The molecule has 0 radical (unpaired) electrons. The van der Waals surface area contributed by atoms with E-state index in [4.69, 9.17) is 0 Å². The van der Waals surface area contributed by atoms with Gasteiger partial charge in [-0.2, -0.15) is 0 Å². The van der Waals surface area contributed by atoms with E-state index in [1.165, 1.54) is 5.69 Å². The van der Waals surface area contributed by atoms with Crippen LogP contribution in [0.5, 0.6) is 0 Å². The van der Waals surface area contributed by atoms with Gasteiger partial charge in [-0.1, -0.05) is 41.1 Å². The van der Waals surface area contributed by atoms with Crippen LogP contribution in [0, 0.1) is 0 Å². The van der Waals surface area contributed by atoms with Crippen molar-refractivity contribution in [2.24, 2.45) is 0 Å². The number of nitrogens with zero attached hydrogens (tertiary/aromatic N) is 1. The van der Waals surface area contributed by atoms with Gasteiger partial charge < -0.3 is 4.98 Å². The molecule has 14 heavy (non-hydrogen) atoms. The number of benzene rings is 1. The fraction of sp³-hybridized carbons (Fsp3) is 0.182. The minimum absolute atomic E-state index is 0.969. The Morgan fingerprint density at radius 2 is 2.14 bits per heavy atom. The SMILES string of the molecule is CCc1[nH]cnc1-c1ccccc1Br. The topological polar surface area (TPSA) is 28.7 Å². The van der Waals surface area contributed by atoms with Crippen LogP contribution in [-0.2, 0) is 6.42 Å². The first kappa shape index (κ1) is 9.46. The monoisotopic (exact) mass is 250 g/mol. The van der Waals surface area contributed by atoms with Crippen LogP contribution < -0.4 is 0 Å². The summed E-state index contributed by atoms with van der Waals surface area (Å²) in [7, 11) is 0. The molecule has 72 valence electrons. The van der Waals surface area contributed by atoms with Gasteiger partial charge in [0.1, 0.15) is 0 Å². The van der Waals surface area contributed by atoms with Crippen molar-refractivity contribution in [1.29, 1.82) is 0 Å². The van der Waals surface area contributed by atoms with Crippen molar-refractivity contribution in [1.82, 2.24) is 9.97 Å². The summed E-state index contributed by atoms with van der Waals surface area (Å²) in [5.74, 6) is 0. The molecule has 1 N–H and O–H groups in total. The third-order valence-electron chi connectivity index (χ3n) is 2.20. The maximum Gasteiger partial charge on any atom is 0.0929 e. The average molecular weight is 251 g/mol. The largest absolute Gasteiger partial charge is 0.348 e. The minimum atomic E-state index is 0.969. The van der Waals surface area contributed by atoms with E-state index in [2.05, 4.69) is 38.9 Å². The second-order valence-corrected chi connectivity index (χ2v) is 3.92. The van der Waals surface area contributed by atoms with Gasteiger partial charge in [0.05, 0.1) is 12.0 Å². The summed E-state index contributed by atoms with van der Waals surface area (Å²) in [5, 5.41) is 0. The van der Waals surface area contributed by atoms with Gasteiger partial charge in [0, 0.05) is 15.7 Å². The van der Waals surface area contributed by atoms with Crippen molar-refractivity contribution in [2.45, 2.75) is 13.3 Å². The molecule has 0 bridgehead atoms. The summed E-state index contributed by atoms with van der Waals surface area (Å²) in [5.41, 5.74) is 3.36. The van der Waals surface area contributed by atoms with Crippen LogP contribution in [0.1, 0.15) is 12.6 Å². The maximum atomic E-state index is 4.33. The van der Waals surface area contributed by atoms with Gasteiger partial charge in [-0.3, -0.25) is 0 Å². The van der Waals surface area contributed by atoms with E-state index in [1.807, 2.05) is 18.2 Å². The van der Waals surface area contributed by atoms with Gasteiger partial charge >= 0.3 is 0 Å². The van der Waals surface area contributed by atoms with Crippen molar-refractivity contribution in [2.75, 3.05) is 0 Å². The normalized spacial score (nSPS) is 10.4. The van der Waals surface area contributed by atoms with Crippen molar-refractivity contribution in [3.63, 3.8) is 0 Å². The molecule has 0 fully saturated rings. The molecule has 1 heterocycles. The minimum Gasteiger partial charge on any atom is -0.348 e. The molecule has 0 amide bonds. The Morgan fingerprint density at radius 3 is 2.86 bits per heavy atom. The second kappa shape index (κ2) is 3.96. The lowest BCUT2D eigenvalue weighted by Gasteiger charge is -2.02. The number of hydrogen-bond acceptors (Lipinski definition) is 1. The zero-order valence-corrected chi connectivity index (χ0v) is 9.51. The van der Waals surface area contributed by atoms with Gasteiger partial charge in [-0.15, -0.1) is 0 Å². The van der Waals surface area contributed by atoms with Crippen molar-refractivity contribution in [3.05, 3.63) is 40.8 Å². The molecular formula is C11H11BrN2. The average Bonchev–Trinajstić information content (AvgIpc) is 2.66. The molecule has 2 nitrogen and oxygen atoms in total. The number of H-pyrrole nitrogens is 1. The van der Waals surface area contributed by atoms with E-state index in [0.717, 1.165) is 22.2 Å². The standard InChI is InChI=1S/C11H11BrN2/c1-2-10-11(14-7-13-10)8-5-3-4-6-9(8)12/h3-7H,2H2,1H3,(H,13,14). The predicted molar refractivity (Wildman–Crippen MR) is 61.1 cm³/mol. The quantitative estimate of drug-likeness (QED) is 0.870. The van der Waals surface area contributed by atoms with E-state index >= 15 is 0 Å². The van der Waals surface area contributed by atoms with Crippen LogP contribution in [0.2, 0.25) is 0 Å². The molecule has 1 aromatic carbocycles. The molecule has 0 atom stereocenters. The summed E-state index contributed by atoms with van der Waals surface area (Å²) in [6.45, 7) is 2.12. The van der Waals surface area contributed by atoms with E-state index < -0.39 is 0 Å². The van der Waals surface area contributed by atoms with Crippen LogP contribution in [-0.4, -0.2) is 9.97 Å². The number of rotatable bonds is 2. The van der Waals surface area contributed by atoms with Crippen LogP contribution in [0.25, 0.3) is 11.3 Å². The fourth-order valence-corrected chi connectivity index (χ4v) is 1.95. The Balaban J connectivity index is 2.54. The highest BCUT2D eigenvalue weighted by molar-refractivity contribution is 9.10.